The summed E-state index contributed by atoms with van der Waals surface area (Å²) in [5.74, 6) is 0.472. The zero-order valence-corrected chi connectivity index (χ0v) is 27.3. The van der Waals surface area contributed by atoms with Gasteiger partial charge in [0.25, 0.3) is 0 Å². The van der Waals surface area contributed by atoms with E-state index in [-0.39, 0.29) is 53.4 Å². The van der Waals surface area contributed by atoms with Gasteiger partial charge in [-0.2, -0.15) is 4.31 Å². The van der Waals surface area contributed by atoms with E-state index in [1.165, 1.54) is 4.31 Å². The van der Waals surface area contributed by atoms with Crippen LogP contribution in [0.5, 0.6) is 0 Å². The number of nitrogens with two attached hydrogens (primary N) is 1. The lowest BCUT2D eigenvalue weighted by Crippen LogP contribution is -2.54. The highest BCUT2D eigenvalue weighted by Crippen LogP contribution is 2.24. The highest BCUT2D eigenvalue weighted by molar-refractivity contribution is 7.89. The van der Waals surface area contributed by atoms with Crippen molar-refractivity contribution in [1.29, 1.82) is 0 Å². The van der Waals surface area contributed by atoms with Crippen LogP contribution < -0.4 is 11.1 Å². The highest BCUT2D eigenvalue weighted by atomic mass is 35.5. The van der Waals surface area contributed by atoms with Crippen LogP contribution in [0, 0.1) is 10.8 Å². The molecule has 2 aliphatic heterocycles. The van der Waals surface area contributed by atoms with Crippen LogP contribution in [0.3, 0.4) is 0 Å². The fraction of sp³-hybridized carbons (Fsp3) is 0.960. The van der Waals surface area contributed by atoms with Gasteiger partial charge in [-0.05, 0) is 57.3 Å². The molecule has 0 bridgehead atoms. The summed E-state index contributed by atoms with van der Waals surface area (Å²) in [6, 6.07) is -0.416. The number of hydrogen-bond donors (Lipinski definition) is 2. The fourth-order valence-corrected chi connectivity index (χ4v) is 7.01. The van der Waals surface area contributed by atoms with E-state index >= 15 is 0 Å². The molecule has 2 atom stereocenters. The zero-order chi connectivity index (χ0) is 28.9. The molecule has 0 saturated carbocycles. The van der Waals surface area contributed by atoms with E-state index in [9.17, 15) is 21.6 Å². The van der Waals surface area contributed by atoms with E-state index in [2.05, 4.69) is 5.32 Å². The molecular weight excluding hydrogens is 552 g/mol. The Morgan fingerprint density at radius 3 is 1.55 bits per heavy atom. The predicted octanol–water partition coefficient (Wildman–Crippen LogP) is 3.56. The van der Waals surface area contributed by atoms with E-state index in [1.807, 2.05) is 41.5 Å². The van der Waals surface area contributed by atoms with Crippen molar-refractivity contribution in [2.45, 2.75) is 106 Å². The number of ether oxygens (including phenoxy) is 1. The Morgan fingerprint density at radius 1 is 0.789 bits per heavy atom. The van der Waals surface area contributed by atoms with Crippen molar-refractivity contribution in [2.24, 2.45) is 16.6 Å². The quantitative estimate of drug-likeness (QED) is 0.489. The van der Waals surface area contributed by atoms with Gasteiger partial charge in [-0.25, -0.2) is 25.9 Å². The Bertz CT molecular complexity index is 954. The third-order valence-electron chi connectivity index (χ3n) is 6.54. The van der Waals surface area contributed by atoms with Crippen LogP contribution in [-0.4, -0.2) is 86.9 Å². The number of alkyl carbamates (subject to hydrolysis) is 1. The average Bonchev–Trinajstić information content (AvgIpc) is 2.68. The summed E-state index contributed by atoms with van der Waals surface area (Å²) in [5, 5.41) is 2.83. The molecule has 2 heterocycles. The molecule has 2 fully saturated rings. The molecule has 38 heavy (non-hydrogen) atoms. The number of rotatable bonds is 5. The second kappa shape index (κ2) is 14.3. The Kier molecular flexibility index (Phi) is 14.0. The Hall–Kier alpha value is -0.660. The molecule has 0 aromatic heterocycles. The number of amides is 1. The number of carbonyl (C=O) groups is 1. The summed E-state index contributed by atoms with van der Waals surface area (Å²) < 4.78 is 56.0. The van der Waals surface area contributed by atoms with Crippen LogP contribution in [0.15, 0.2) is 0 Å². The minimum absolute atomic E-state index is 0. The molecule has 0 unspecified atom stereocenters. The Morgan fingerprint density at radius 2 is 1.21 bits per heavy atom. The van der Waals surface area contributed by atoms with Crippen molar-refractivity contribution in [3.63, 3.8) is 0 Å². The minimum Gasteiger partial charge on any atom is -0.444 e. The van der Waals surface area contributed by atoms with E-state index in [4.69, 9.17) is 10.5 Å². The second-order valence-electron chi connectivity index (χ2n) is 13.3. The number of sulfonamides is 2. The number of nitrogens with zero attached hydrogens (tertiary/aromatic N) is 2. The normalized spacial score (nSPS) is 22.2. The Labute approximate surface area is 238 Å². The molecule has 0 spiro atoms. The smallest absolute Gasteiger partial charge is 0.407 e. The van der Waals surface area contributed by atoms with E-state index < -0.39 is 31.7 Å². The molecule has 228 valence electrons. The van der Waals surface area contributed by atoms with Gasteiger partial charge in [-0.3, -0.25) is 0 Å². The fourth-order valence-electron chi connectivity index (χ4n) is 3.77. The van der Waals surface area contributed by atoms with Crippen LogP contribution >= 0.6 is 12.4 Å². The first kappa shape index (κ1) is 37.3. The third-order valence-corrected chi connectivity index (χ3v) is 10.4. The molecule has 2 rings (SSSR count). The SMILES string of the molecule is CC(C)(C)OC(=O)N[C@H](CN1CCCCS1(=O)=O)C(C)(C)C.CC(C)(C)[C@H](N)CN1CCCCS1(=O)=O.Cl. The summed E-state index contributed by atoms with van der Waals surface area (Å²) >= 11 is 0. The summed E-state index contributed by atoms with van der Waals surface area (Å²) in [5.41, 5.74) is 5.09. The van der Waals surface area contributed by atoms with E-state index in [1.54, 1.807) is 25.1 Å². The van der Waals surface area contributed by atoms with Crippen LogP contribution in [-0.2, 0) is 24.8 Å². The first-order valence-corrected chi connectivity index (χ1v) is 16.5. The van der Waals surface area contributed by atoms with E-state index in [0.29, 0.717) is 26.1 Å². The van der Waals surface area contributed by atoms with Gasteiger partial charge in [0, 0.05) is 32.2 Å². The standard InChI is InChI=1S/C15H30N2O4S.C10H22N2O2S.ClH/c1-14(2,3)12(16-13(18)21-15(4,5)6)11-17-9-7-8-10-22(17,19)20;1-10(2,3)9(11)8-12-6-4-5-7-15(12,13)14;/h12H,7-11H2,1-6H3,(H,16,18);9H,4-8,11H2,1-3H3;1H/t12-;9-;/m11./s1. The van der Waals surface area contributed by atoms with Crippen LogP contribution in [0.2, 0.25) is 0 Å². The van der Waals surface area contributed by atoms with Crippen molar-refractivity contribution in [1.82, 2.24) is 13.9 Å². The highest BCUT2D eigenvalue weighted by Gasteiger charge is 2.35. The van der Waals surface area contributed by atoms with Gasteiger partial charge >= 0.3 is 6.09 Å². The molecular formula is C25H53ClN4O6S2. The number of carbonyl (C=O) groups excluding carboxylic acids is 1. The van der Waals surface area contributed by atoms with Crippen LogP contribution in [0.1, 0.15) is 88.0 Å². The molecule has 2 saturated heterocycles. The first-order chi connectivity index (χ1) is 16.5. The number of nitrogens with one attached hydrogen (secondary N) is 1. The van der Waals surface area contributed by atoms with Gasteiger partial charge < -0.3 is 15.8 Å². The molecule has 1 amide bonds. The van der Waals surface area contributed by atoms with Gasteiger partial charge in [0.1, 0.15) is 5.60 Å². The van der Waals surface area contributed by atoms with Gasteiger partial charge in [0.15, 0.2) is 0 Å². The van der Waals surface area contributed by atoms with Crippen LogP contribution in [0.25, 0.3) is 0 Å². The average molecular weight is 605 g/mol. The van der Waals surface area contributed by atoms with Gasteiger partial charge in [0.05, 0.1) is 17.5 Å². The Balaban J connectivity index is 0.000000750. The molecule has 3 N–H and O–H groups in total. The van der Waals surface area contributed by atoms with Gasteiger partial charge in [0.2, 0.25) is 20.0 Å². The maximum atomic E-state index is 12.1. The molecule has 0 radical (unpaired) electrons. The van der Waals surface area contributed by atoms with Gasteiger partial charge in [-0.1, -0.05) is 41.5 Å². The lowest BCUT2D eigenvalue weighted by Gasteiger charge is -2.37. The van der Waals surface area contributed by atoms with Gasteiger partial charge in [-0.15, -0.1) is 12.4 Å². The summed E-state index contributed by atoms with van der Waals surface area (Å²) in [6.45, 7) is 19.3. The number of hydrogen-bond acceptors (Lipinski definition) is 7. The second-order valence-corrected chi connectivity index (χ2v) is 17.5. The van der Waals surface area contributed by atoms with Crippen molar-refractivity contribution in [3.05, 3.63) is 0 Å². The minimum atomic E-state index is -3.21. The van der Waals surface area contributed by atoms with Crippen molar-refractivity contribution >= 4 is 38.5 Å². The predicted molar refractivity (Wildman–Crippen MR) is 156 cm³/mol. The summed E-state index contributed by atoms with van der Waals surface area (Å²) in [7, 11) is -6.23. The largest absolute Gasteiger partial charge is 0.444 e. The lowest BCUT2D eigenvalue weighted by atomic mass is 9.86. The van der Waals surface area contributed by atoms with Crippen molar-refractivity contribution in [2.75, 3.05) is 37.7 Å². The molecule has 0 aromatic carbocycles. The molecule has 10 nitrogen and oxygen atoms in total. The van der Waals surface area contributed by atoms with Crippen molar-refractivity contribution < 1.29 is 26.4 Å². The first-order valence-electron chi connectivity index (χ1n) is 13.3. The maximum absolute atomic E-state index is 12.1. The third kappa shape index (κ3) is 13.1. The molecule has 2 aliphatic rings. The van der Waals surface area contributed by atoms with Crippen molar-refractivity contribution in [3.8, 4) is 0 Å². The molecule has 13 heteroatoms. The summed E-state index contributed by atoms with van der Waals surface area (Å²) in [6.07, 6.45) is 2.79. The lowest BCUT2D eigenvalue weighted by molar-refractivity contribution is 0.0452. The molecule has 0 aromatic rings. The topological polar surface area (TPSA) is 139 Å². The van der Waals surface area contributed by atoms with E-state index in [0.717, 1.165) is 19.3 Å². The zero-order valence-electron chi connectivity index (χ0n) is 24.9. The monoisotopic (exact) mass is 604 g/mol. The summed E-state index contributed by atoms with van der Waals surface area (Å²) in [4.78, 5) is 12.0. The molecule has 0 aliphatic carbocycles. The van der Waals surface area contributed by atoms with Crippen LogP contribution in [0.4, 0.5) is 4.79 Å². The maximum Gasteiger partial charge on any atom is 0.407 e. The number of halogens is 1.